The zero-order chi connectivity index (χ0) is 23.4. The van der Waals surface area contributed by atoms with Gasteiger partial charge in [0.1, 0.15) is 0 Å². The first-order valence-electron chi connectivity index (χ1n) is 10.9. The molecule has 1 heterocycles. The lowest BCUT2D eigenvalue weighted by atomic mass is 10.0. The zero-order valence-corrected chi connectivity index (χ0v) is 19.3. The number of aryl methyl sites for hydroxylation is 1. The lowest BCUT2D eigenvalue weighted by Crippen LogP contribution is -2.46. The minimum atomic E-state index is -0.702. The largest absolute Gasteiger partial charge is 0.352 e. The van der Waals surface area contributed by atoms with Crippen molar-refractivity contribution >= 4 is 5.91 Å². The van der Waals surface area contributed by atoms with Crippen LogP contribution in [0.5, 0.6) is 0 Å². The van der Waals surface area contributed by atoms with Crippen molar-refractivity contribution in [3.8, 4) is 5.69 Å². The number of carbonyl (C=O) groups is 1. The van der Waals surface area contributed by atoms with Crippen molar-refractivity contribution in [2.24, 2.45) is 5.92 Å². The second kappa shape index (κ2) is 9.77. The molecular weight excluding hydrogens is 404 g/mol. The minimum Gasteiger partial charge on any atom is -0.350 e. The third kappa shape index (κ3) is 5.22. The van der Waals surface area contributed by atoms with Crippen LogP contribution in [0, 0.1) is 12.8 Å². The highest BCUT2D eigenvalue weighted by Crippen LogP contribution is 2.15. The molecule has 2 aromatic carbocycles. The van der Waals surface area contributed by atoms with E-state index in [1.807, 2.05) is 57.2 Å². The van der Waals surface area contributed by atoms with Crippen molar-refractivity contribution < 1.29 is 4.79 Å². The van der Waals surface area contributed by atoms with Gasteiger partial charge in [0, 0.05) is 6.54 Å². The molecule has 7 heteroatoms. The number of amides is 1. The molecule has 3 aromatic rings. The standard InChI is InChI=1S/C25H30N4O3/c1-16(2)14-26-23(30)22-24(31)28(15-19-8-6-18(5)7-9-19)25(32)29(27-22)21-12-10-20(11-13-21)17(3)4/h6-13,16-17H,14-15H2,1-5H3,(H,26,30). The van der Waals surface area contributed by atoms with Crippen LogP contribution in [0.2, 0.25) is 0 Å². The van der Waals surface area contributed by atoms with Crippen LogP contribution in [0.25, 0.3) is 5.69 Å². The Morgan fingerprint density at radius 3 is 2.16 bits per heavy atom. The van der Waals surface area contributed by atoms with Crippen molar-refractivity contribution in [1.29, 1.82) is 0 Å². The maximum absolute atomic E-state index is 13.3. The van der Waals surface area contributed by atoms with Gasteiger partial charge in [-0.2, -0.15) is 9.78 Å². The van der Waals surface area contributed by atoms with Crippen LogP contribution < -0.4 is 16.6 Å². The number of nitrogens with one attached hydrogen (secondary N) is 1. The van der Waals surface area contributed by atoms with Crippen LogP contribution in [0.3, 0.4) is 0 Å². The summed E-state index contributed by atoms with van der Waals surface area (Å²) < 4.78 is 2.20. The van der Waals surface area contributed by atoms with E-state index in [0.717, 1.165) is 25.9 Å². The molecule has 0 spiro atoms. The van der Waals surface area contributed by atoms with Gasteiger partial charge in [-0.05, 0) is 42.0 Å². The van der Waals surface area contributed by atoms with E-state index in [9.17, 15) is 14.4 Å². The smallest absolute Gasteiger partial charge is 0.350 e. The Balaban J connectivity index is 2.14. The Kier molecular flexibility index (Phi) is 7.08. The molecule has 0 aliphatic carbocycles. The SMILES string of the molecule is Cc1ccc(Cn2c(=O)c(C(=O)NCC(C)C)nn(-c3ccc(C(C)C)cc3)c2=O)cc1. The molecule has 3 rings (SSSR count). The third-order valence-corrected chi connectivity index (χ3v) is 5.21. The van der Waals surface area contributed by atoms with Gasteiger partial charge in [0.2, 0.25) is 5.69 Å². The van der Waals surface area contributed by atoms with Crippen molar-refractivity contribution in [2.45, 2.75) is 47.1 Å². The number of hydrogen-bond donors (Lipinski definition) is 1. The number of rotatable bonds is 7. The molecular formula is C25H30N4O3. The average Bonchev–Trinajstić information content (AvgIpc) is 2.76. The Labute approximate surface area is 187 Å². The van der Waals surface area contributed by atoms with E-state index in [1.54, 1.807) is 12.1 Å². The molecule has 1 N–H and O–H groups in total. The summed E-state index contributed by atoms with van der Waals surface area (Å²) in [4.78, 5) is 39.1. The lowest BCUT2D eigenvalue weighted by Gasteiger charge is -2.14. The highest BCUT2D eigenvalue weighted by Gasteiger charge is 2.20. The molecule has 0 aliphatic heterocycles. The van der Waals surface area contributed by atoms with Crippen molar-refractivity contribution in [1.82, 2.24) is 19.7 Å². The number of carbonyl (C=O) groups excluding carboxylic acids is 1. The Hall–Kier alpha value is -3.48. The molecule has 0 saturated carbocycles. The van der Waals surface area contributed by atoms with E-state index < -0.39 is 17.2 Å². The van der Waals surface area contributed by atoms with Crippen LogP contribution in [-0.2, 0) is 6.54 Å². The molecule has 0 aliphatic rings. The van der Waals surface area contributed by atoms with Crippen LogP contribution in [0.1, 0.15) is 60.8 Å². The summed E-state index contributed by atoms with van der Waals surface area (Å²) in [6.45, 7) is 10.5. The van der Waals surface area contributed by atoms with Gasteiger partial charge in [-0.3, -0.25) is 14.2 Å². The van der Waals surface area contributed by atoms with E-state index in [-0.39, 0.29) is 18.2 Å². The van der Waals surface area contributed by atoms with Gasteiger partial charge in [0.05, 0.1) is 12.2 Å². The zero-order valence-electron chi connectivity index (χ0n) is 19.3. The molecule has 168 valence electrons. The van der Waals surface area contributed by atoms with Gasteiger partial charge in [-0.25, -0.2) is 4.79 Å². The summed E-state index contributed by atoms with van der Waals surface area (Å²) in [6.07, 6.45) is 0. The molecule has 0 atom stereocenters. The predicted octanol–water partition coefficient (Wildman–Crippen LogP) is 3.26. The highest BCUT2D eigenvalue weighted by molar-refractivity contribution is 5.91. The monoisotopic (exact) mass is 434 g/mol. The fourth-order valence-electron chi connectivity index (χ4n) is 3.22. The van der Waals surface area contributed by atoms with Crippen molar-refractivity contribution in [3.05, 3.63) is 91.8 Å². The average molecular weight is 435 g/mol. The topological polar surface area (TPSA) is 86.0 Å². The fourth-order valence-corrected chi connectivity index (χ4v) is 3.22. The summed E-state index contributed by atoms with van der Waals surface area (Å²) in [5, 5.41) is 6.90. The van der Waals surface area contributed by atoms with Gasteiger partial charge in [-0.1, -0.05) is 69.7 Å². The van der Waals surface area contributed by atoms with Crippen LogP contribution >= 0.6 is 0 Å². The van der Waals surface area contributed by atoms with Gasteiger partial charge in [0.25, 0.3) is 11.5 Å². The van der Waals surface area contributed by atoms with Gasteiger partial charge < -0.3 is 5.32 Å². The molecule has 0 bridgehead atoms. The van der Waals surface area contributed by atoms with Crippen LogP contribution in [0.4, 0.5) is 0 Å². The summed E-state index contributed by atoms with van der Waals surface area (Å²) in [6, 6.07) is 15.0. The Bertz CT molecular complexity index is 1200. The first-order chi connectivity index (χ1) is 15.2. The molecule has 0 radical (unpaired) electrons. The normalized spacial score (nSPS) is 11.2. The Morgan fingerprint density at radius 2 is 1.59 bits per heavy atom. The Morgan fingerprint density at radius 1 is 0.969 bits per heavy atom. The molecule has 1 aromatic heterocycles. The van der Waals surface area contributed by atoms with E-state index in [2.05, 4.69) is 24.3 Å². The van der Waals surface area contributed by atoms with Crippen LogP contribution in [0.15, 0.2) is 58.1 Å². The number of aromatic nitrogens is 3. The van der Waals surface area contributed by atoms with Gasteiger partial charge in [-0.15, -0.1) is 0 Å². The number of benzene rings is 2. The van der Waals surface area contributed by atoms with E-state index in [4.69, 9.17) is 0 Å². The molecule has 0 fully saturated rings. The summed E-state index contributed by atoms with van der Waals surface area (Å²) in [5.74, 6) is -0.0429. The first kappa shape index (κ1) is 23.2. The summed E-state index contributed by atoms with van der Waals surface area (Å²) >= 11 is 0. The molecule has 1 amide bonds. The van der Waals surface area contributed by atoms with Crippen LogP contribution in [-0.4, -0.2) is 26.8 Å². The summed E-state index contributed by atoms with van der Waals surface area (Å²) in [7, 11) is 0. The molecule has 32 heavy (non-hydrogen) atoms. The van der Waals surface area contributed by atoms with E-state index in [0.29, 0.717) is 18.2 Å². The molecule has 0 unspecified atom stereocenters. The van der Waals surface area contributed by atoms with Gasteiger partial charge >= 0.3 is 5.69 Å². The minimum absolute atomic E-state index is 0.0506. The summed E-state index contributed by atoms with van der Waals surface area (Å²) in [5.41, 5.74) is 1.88. The number of hydrogen-bond acceptors (Lipinski definition) is 4. The lowest BCUT2D eigenvalue weighted by molar-refractivity contribution is 0.0939. The maximum atomic E-state index is 13.3. The third-order valence-electron chi connectivity index (χ3n) is 5.21. The molecule has 0 saturated heterocycles. The predicted molar refractivity (Wildman–Crippen MR) is 126 cm³/mol. The van der Waals surface area contributed by atoms with E-state index >= 15 is 0 Å². The van der Waals surface area contributed by atoms with Crippen molar-refractivity contribution in [2.75, 3.05) is 6.54 Å². The number of nitrogens with zero attached hydrogens (tertiary/aromatic N) is 3. The van der Waals surface area contributed by atoms with Gasteiger partial charge in [0.15, 0.2) is 0 Å². The first-order valence-corrected chi connectivity index (χ1v) is 10.9. The molecule has 7 nitrogen and oxygen atoms in total. The fraction of sp³-hybridized carbons (Fsp3) is 0.360. The second-order valence-corrected chi connectivity index (χ2v) is 8.77. The quantitative estimate of drug-likeness (QED) is 0.618. The maximum Gasteiger partial charge on any atom is 0.352 e. The van der Waals surface area contributed by atoms with E-state index in [1.165, 1.54) is 0 Å². The highest BCUT2D eigenvalue weighted by atomic mass is 16.2. The second-order valence-electron chi connectivity index (χ2n) is 8.77. The van der Waals surface area contributed by atoms with Crippen molar-refractivity contribution in [3.63, 3.8) is 0 Å².